The van der Waals surface area contributed by atoms with Crippen LogP contribution in [0.2, 0.25) is 0 Å². The van der Waals surface area contributed by atoms with E-state index in [-0.39, 0.29) is 31.6 Å². The number of thioether (sulfide) groups is 1. The van der Waals surface area contributed by atoms with Crippen molar-refractivity contribution in [2.75, 3.05) is 26.3 Å². The number of nitrogens with zero attached hydrogens (tertiary/aromatic N) is 2. The average Bonchev–Trinajstić information content (AvgIpc) is 3.49. The lowest BCUT2D eigenvalue weighted by Gasteiger charge is -2.17. The summed E-state index contributed by atoms with van der Waals surface area (Å²) in [6.07, 6.45) is -0.0131. The average molecular weight is 520 g/mol. The molecule has 1 saturated heterocycles. The second-order valence-electron chi connectivity index (χ2n) is 8.26. The SMILES string of the molecule is COc1ccc(N=C2S[C@@H](CC(=O)Nc3ccccc3OC)C(=O)N2Cc2ccc3c(c2)OCO3)cc1. The van der Waals surface area contributed by atoms with Gasteiger partial charge >= 0.3 is 0 Å². The smallest absolute Gasteiger partial charge is 0.242 e. The number of nitrogens with one attached hydrogen (secondary N) is 1. The van der Waals surface area contributed by atoms with Crippen molar-refractivity contribution < 1.29 is 28.5 Å². The van der Waals surface area contributed by atoms with Gasteiger partial charge in [0.05, 0.1) is 32.1 Å². The van der Waals surface area contributed by atoms with Crippen LogP contribution in [0.3, 0.4) is 0 Å². The second kappa shape index (κ2) is 10.8. The van der Waals surface area contributed by atoms with Gasteiger partial charge in [0.25, 0.3) is 0 Å². The Bertz CT molecular complexity index is 1340. The fourth-order valence-corrected chi connectivity index (χ4v) is 5.13. The van der Waals surface area contributed by atoms with Crippen molar-refractivity contribution >= 4 is 40.1 Å². The number of amides is 2. The maximum absolute atomic E-state index is 13.5. The summed E-state index contributed by atoms with van der Waals surface area (Å²) in [6.45, 7) is 0.451. The van der Waals surface area contributed by atoms with Crippen molar-refractivity contribution in [3.63, 3.8) is 0 Å². The molecule has 0 spiro atoms. The summed E-state index contributed by atoms with van der Waals surface area (Å²) in [5.74, 6) is 2.09. The molecule has 3 aromatic rings. The first-order valence-corrected chi connectivity index (χ1v) is 12.4. The van der Waals surface area contributed by atoms with Gasteiger partial charge in [0.2, 0.25) is 18.6 Å². The third-order valence-corrected chi connectivity index (χ3v) is 7.02. The minimum Gasteiger partial charge on any atom is -0.497 e. The van der Waals surface area contributed by atoms with E-state index in [4.69, 9.17) is 23.9 Å². The van der Waals surface area contributed by atoms with Crippen LogP contribution in [0.1, 0.15) is 12.0 Å². The zero-order valence-electron chi connectivity index (χ0n) is 20.3. The van der Waals surface area contributed by atoms with E-state index in [9.17, 15) is 9.59 Å². The number of para-hydroxylation sites is 2. The highest BCUT2D eigenvalue weighted by Crippen LogP contribution is 2.36. The molecule has 2 aliphatic heterocycles. The van der Waals surface area contributed by atoms with Gasteiger partial charge in [0, 0.05) is 6.42 Å². The molecule has 2 amide bonds. The van der Waals surface area contributed by atoms with Crippen LogP contribution in [-0.2, 0) is 16.1 Å². The molecule has 0 radical (unpaired) electrons. The Morgan fingerprint density at radius 2 is 1.84 bits per heavy atom. The summed E-state index contributed by atoms with van der Waals surface area (Å²) in [5, 5.41) is 2.74. The van der Waals surface area contributed by atoms with Crippen molar-refractivity contribution in [1.29, 1.82) is 0 Å². The van der Waals surface area contributed by atoms with Gasteiger partial charge in [-0.25, -0.2) is 4.99 Å². The molecular weight excluding hydrogens is 494 g/mol. The van der Waals surface area contributed by atoms with Crippen molar-refractivity contribution in [2.45, 2.75) is 18.2 Å². The normalized spacial score (nSPS) is 17.2. The monoisotopic (exact) mass is 519 g/mol. The number of ether oxygens (including phenoxy) is 4. The van der Waals surface area contributed by atoms with Gasteiger partial charge in [-0.05, 0) is 54.1 Å². The summed E-state index contributed by atoms with van der Waals surface area (Å²) in [7, 11) is 3.14. The van der Waals surface area contributed by atoms with Crippen molar-refractivity contribution in [2.24, 2.45) is 4.99 Å². The molecule has 1 N–H and O–H groups in total. The number of fused-ring (bicyclic) bond motifs is 1. The van der Waals surface area contributed by atoms with Gasteiger partial charge < -0.3 is 24.3 Å². The van der Waals surface area contributed by atoms with Crippen molar-refractivity contribution in [3.8, 4) is 23.0 Å². The van der Waals surface area contributed by atoms with Crippen LogP contribution >= 0.6 is 11.8 Å². The second-order valence-corrected chi connectivity index (χ2v) is 9.43. The lowest BCUT2D eigenvalue weighted by molar-refractivity contribution is -0.128. The van der Waals surface area contributed by atoms with Crippen LogP contribution in [0, 0.1) is 0 Å². The fraction of sp³-hybridized carbons (Fsp3) is 0.222. The molecule has 9 nitrogen and oxygen atoms in total. The van der Waals surface area contributed by atoms with Crippen molar-refractivity contribution in [3.05, 3.63) is 72.3 Å². The Balaban J connectivity index is 1.37. The van der Waals surface area contributed by atoms with E-state index < -0.39 is 5.25 Å². The maximum atomic E-state index is 13.5. The predicted molar refractivity (Wildman–Crippen MR) is 141 cm³/mol. The zero-order chi connectivity index (χ0) is 25.8. The van der Waals surface area contributed by atoms with E-state index >= 15 is 0 Å². The highest BCUT2D eigenvalue weighted by Gasteiger charge is 2.39. The van der Waals surface area contributed by atoms with Crippen molar-refractivity contribution in [1.82, 2.24) is 4.90 Å². The molecule has 0 saturated carbocycles. The number of hydrogen-bond acceptors (Lipinski definition) is 8. The Morgan fingerprint density at radius 3 is 2.62 bits per heavy atom. The molecule has 3 aromatic carbocycles. The minimum absolute atomic E-state index is 0.0131. The molecule has 1 fully saturated rings. The van der Waals surface area contributed by atoms with E-state index in [1.165, 1.54) is 18.9 Å². The lowest BCUT2D eigenvalue weighted by atomic mass is 10.1. The molecule has 190 valence electrons. The molecule has 0 bridgehead atoms. The Morgan fingerprint density at radius 1 is 1.05 bits per heavy atom. The van der Waals surface area contributed by atoms with E-state index in [2.05, 4.69) is 5.32 Å². The Labute approximate surface area is 218 Å². The largest absolute Gasteiger partial charge is 0.497 e. The van der Waals surface area contributed by atoms with Gasteiger partial charge in [-0.1, -0.05) is 30.0 Å². The number of anilines is 1. The maximum Gasteiger partial charge on any atom is 0.242 e. The van der Waals surface area contributed by atoms with Crippen LogP contribution in [0.4, 0.5) is 11.4 Å². The third-order valence-electron chi connectivity index (χ3n) is 5.85. The number of benzene rings is 3. The number of aliphatic imine (C=N–C) groups is 1. The third kappa shape index (κ3) is 5.49. The summed E-state index contributed by atoms with van der Waals surface area (Å²) in [5.41, 5.74) is 2.08. The Hall–Kier alpha value is -4.18. The standard InChI is InChI=1S/C27H25N3O6S/c1-33-19-10-8-18(9-11-19)28-27-30(15-17-7-12-22-23(13-17)36-16-35-22)26(32)24(37-27)14-25(31)29-20-5-3-4-6-21(20)34-2/h3-13,24H,14-16H2,1-2H3,(H,29,31)/t24-/m0/s1. The summed E-state index contributed by atoms with van der Waals surface area (Å²) < 4.78 is 21.4. The highest BCUT2D eigenvalue weighted by molar-refractivity contribution is 8.15. The fourth-order valence-electron chi connectivity index (χ4n) is 3.98. The van der Waals surface area contributed by atoms with E-state index in [1.807, 2.05) is 36.4 Å². The quantitative estimate of drug-likeness (QED) is 0.465. The molecule has 37 heavy (non-hydrogen) atoms. The summed E-state index contributed by atoms with van der Waals surface area (Å²) in [4.78, 5) is 32.7. The van der Waals surface area contributed by atoms with Crippen LogP contribution in [0.25, 0.3) is 0 Å². The Kier molecular flexibility index (Phi) is 7.18. The predicted octanol–water partition coefficient (Wildman–Crippen LogP) is 4.59. The first-order chi connectivity index (χ1) is 18.0. The van der Waals surface area contributed by atoms with E-state index in [1.54, 1.807) is 42.3 Å². The first kappa shape index (κ1) is 24.5. The number of methoxy groups -OCH3 is 2. The summed E-state index contributed by atoms with van der Waals surface area (Å²) >= 11 is 1.27. The molecule has 0 aliphatic carbocycles. The number of hydrogen-bond donors (Lipinski definition) is 1. The van der Waals surface area contributed by atoms with E-state index in [0.29, 0.717) is 39.5 Å². The highest BCUT2D eigenvalue weighted by atomic mass is 32.2. The van der Waals surface area contributed by atoms with E-state index in [0.717, 1.165) is 5.56 Å². The number of rotatable bonds is 8. The molecule has 2 aliphatic rings. The number of carbonyl (C=O) groups excluding carboxylic acids is 2. The van der Waals surface area contributed by atoms with Gasteiger partial charge in [-0.3, -0.25) is 14.5 Å². The van der Waals surface area contributed by atoms with Gasteiger partial charge in [0.1, 0.15) is 16.7 Å². The van der Waals surface area contributed by atoms with Gasteiger partial charge in [-0.2, -0.15) is 0 Å². The minimum atomic E-state index is -0.624. The van der Waals surface area contributed by atoms with Crippen LogP contribution in [0.5, 0.6) is 23.0 Å². The zero-order valence-corrected chi connectivity index (χ0v) is 21.1. The molecule has 1 atom stereocenters. The van der Waals surface area contributed by atoms with Crippen LogP contribution in [-0.4, -0.2) is 48.1 Å². The van der Waals surface area contributed by atoms with Crippen LogP contribution in [0.15, 0.2) is 71.7 Å². The molecule has 5 rings (SSSR count). The number of amidine groups is 1. The van der Waals surface area contributed by atoms with Crippen LogP contribution < -0.4 is 24.3 Å². The first-order valence-electron chi connectivity index (χ1n) is 11.6. The lowest BCUT2D eigenvalue weighted by Crippen LogP contribution is -2.33. The molecule has 0 aromatic heterocycles. The molecule has 10 heteroatoms. The molecule has 2 heterocycles. The topological polar surface area (TPSA) is 98.7 Å². The number of carbonyl (C=O) groups is 2. The molecule has 0 unspecified atom stereocenters. The van der Waals surface area contributed by atoms with Gasteiger partial charge in [-0.15, -0.1) is 0 Å². The summed E-state index contributed by atoms with van der Waals surface area (Å²) in [6, 6.07) is 20.0. The van der Waals surface area contributed by atoms with Gasteiger partial charge in [0.15, 0.2) is 16.7 Å². The molecular formula is C27H25N3O6S.